The molecule has 2 aromatic heterocycles. The number of benzene rings is 1. The van der Waals surface area contributed by atoms with Crippen LogP contribution in [0.5, 0.6) is 11.5 Å². The Balaban J connectivity index is 1.82. The van der Waals surface area contributed by atoms with Crippen LogP contribution in [0.25, 0.3) is 22.2 Å². The zero-order valence-corrected chi connectivity index (χ0v) is 19.1. The lowest BCUT2D eigenvalue weighted by Crippen LogP contribution is -2.28. The number of nitrogens with one attached hydrogen (secondary N) is 1. The maximum atomic E-state index is 15.0. The van der Waals surface area contributed by atoms with Gasteiger partial charge in [-0.25, -0.2) is 18.4 Å². The maximum Gasteiger partial charge on any atom is 0.231 e. The number of aryl methyl sites for hydroxylation is 1. The van der Waals surface area contributed by atoms with Gasteiger partial charge in [0.1, 0.15) is 0 Å². The van der Waals surface area contributed by atoms with Gasteiger partial charge in [-0.05, 0) is 32.4 Å². The lowest BCUT2D eigenvalue weighted by Gasteiger charge is -2.17. The number of hydrogen-bond donors (Lipinski definition) is 2. The largest absolute Gasteiger partial charge is 0.450 e. The zero-order chi connectivity index (χ0) is 24.1. The molecule has 10 heteroatoms. The van der Waals surface area contributed by atoms with Gasteiger partial charge in [-0.3, -0.25) is 4.79 Å². The smallest absolute Gasteiger partial charge is 0.231 e. The van der Waals surface area contributed by atoms with E-state index in [1.165, 1.54) is 6.20 Å². The Kier molecular flexibility index (Phi) is 5.52. The number of halogens is 2. The molecule has 1 amide bonds. The third-order valence-corrected chi connectivity index (χ3v) is 5.28. The van der Waals surface area contributed by atoms with Gasteiger partial charge in [0.2, 0.25) is 24.2 Å². The van der Waals surface area contributed by atoms with Crippen LogP contribution >= 0.6 is 0 Å². The molecule has 0 spiro atoms. The molecule has 8 nitrogen and oxygen atoms in total. The van der Waals surface area contributed by atoms with Crippen molar-refractivity contribution in [1.29, 1.82) is 0 Å². The molecule has 3 aromatic rings. The van der Waals surface area contributed by atoms with E-state index in [9.17, 15) is 14.3 Å². The molecule has 0 aliphatic carbocycles. The fraction of sp³-hybridized carbons (Fsp3) is 0.435. The molecule has 0 atom stereocenters. The summed E-state index contributed by atoms with van der Waals surface area (Å²) in [7, 11) is 0. The number of ether oxygens (including phenoxy) is 2. The van der Waals surface area contributed by atoms with Gasteiger partial charge >= 0.3 is 0 Å². The highest BCUT2D eigenvalue weighted by molar-refractivity contribution is 6.01. The molecule has 176 valence electrons. The van der Waals surface area contributed by atoms with Crippen LogP contribution < -0.4 is 14.8 Å². The Labute approximate surface area is 189 Å². The topological polar surface area (TPSA) is 98.5 Å². The number of pyridine rings is 1. The zero-order valence-electron chi connectivity index (χ0n) is 19.1. The highest BCUT2D eigenvalue weighted by Gasteiger charge is 2.28. The minimum atomic E-state index is -0.930. The Morgan fingerprint density at radius 2 is 1.88 bits per heavy atom. The maximum absolute atomic E-state index is 15.0. The van der Waals surface area contributed by atoms with Crippen molar-refractivity contribution in [3.05, 3.63) is 30.0 Å². The van der Waals surface area contributed by atoms with E-state index in [2.05, 4.69) is 15.4 Å². The Bertz CT molecular complexity index is 1240. The van der Waals surface area contributed by atoms with E-state index in [1.54, 1.807) is 45.4 Å². The molecule has 4 rings (SSSR count). The molecule has 0 radical (unpaired) electrons. The lowest BCUT2D eigenvalue weighted by molar-refractivity contribution is -0.123. The number of aliphatic hydroxyl groups is 1. The van der Waals surface area contributed by atoms with Crippen molar-refractivity contribution in [1.82, 2.24) is 14.8 Å². The summed E-state index contributed by atoms with van der Waals surface area (Å²) in [5.41, 5.74) is -0.941. The summed E-state index contributed by atoms with van der Waals surface area (Å²) in [6.07, 6.45) is 1.79. The fourth-order valence-electron chi connectivity index (χ4n) is 3.34. The third-order valence-electron chi connectivity index (χ3n) is 5.28. The summed E-state index contributed by atoms with van der Waals surface area (Å²) in [5.74, 6) is -2.07. The van der Waals surface area contributed by atoms with Gasteiger partial charge in [0.25, 0.3) is 0 Å². The highest BCUT2D eigenvalue weighted by Crippen LogP contribution is 2.42. The van der Waals surface area contributed by atoms with Crippen LogP contribution in [0, 0.1) is 17.0 Å². The Morgan fingerprint density at radius 1 is 1.18 bits per heavy atom. The van der Waals surface area contributed by atoms with E-state index in [1.807, 2.05) is 0 Å². The van der Waals surface area contributed by atoms with Crippen molar-refractivity contribution >= 4 is 22.8 Å². The first-order valence-corrected chi connectivity index (χ1v) is 10.5. The number of anilines is 1. The second kappa shape index (κ2) is 7.95. The number of amides is 1. The van der Waals surface area contributed by atoms with Gasteiger partial charge < -0.3 is 19.9 Å². The molecule has 0 bridgehead atoms. The predicted octanol–water partition coefficient (Wildman–Crippen LogP) is 4.25. The number of aromatic nitrogens is 3. The standard InChI is InChI=1S/C23H26F2N4O4/c1-22(2,3)21(30)27-19-14-8-12(10-26-20(14)29(28-19)7-6-23(4,5)31)13-9-15(24)17-18(16(13)25)33-11-32-17/h8-10,31H,6-7,11H2,1-5H3,(H,27,28,30). The van der Waals surface area contributed by atoms with Gasteiger partial charge in [-0.15, -0.1) is 0 Å². The van der Waals surface area contributed by atoms with Crippen molar-refractivity contribution in [3.8, 4) is 22.6 Å². The third kappa shape index (κ3) is 4.47. The first-order chi connectivity index (χ1) is 15.3. The molecular formula is C23H26F2N4O4. The van der Waals surface area contributed by atoms with E-state index in [0.29, 0.717) is 24.0 Å². The van der Waals surface area contributed by atoms with Crippen molar-refractivity contribution in [2.75, 3.05) is 12.1 Å². The summed E-state index contributed by atoms with van der Waals surface area (Å²) >= 11 is 0. The molecule has 1 aliphatic heterocycles. The predicted molar refractivity (Wildman–Crippen MR) is 118 cm³/mol. The van der Waals surface area contributed by atoms with E-state index in [0.717, 1.165) is 6.07 Å². The van der Waals surface area contributed by atoms with Gasteiger partial charge in [0.15, 0.2) is 23.1 Å². The number of fused-ring (bicyclic) bond motifs is 2. The summed E-state index contributed by atoms with van der Waals surface area (Å²) in [5, 5.41) is 17.8. The van der Waals surface area contributed by atoms with Gasteiger partial charge in [-0.1, -0.05) is 20.8 Å². The average Bonchev–Trinajstić information content (AvgIpc) is 3.33. The average molecular weight is 460 g/mol. The highest BCUT2D eigenvalue weighted by atomic mass is 19.1. The first kappa shape index (κ1) is 22.9. The summed E-state index contributed by atoms with van der Waals surface area (Å²) in [6, 6.07) is 2.62. The van der Waals surface area contributed by atoms with Crippen LogP contribution in [0.1, 0.15) is 41.0 Å². The van der Waals surface area contributed by atoms with E-state index in [4.69, 9.17) is 9.47 Å². The quantitative estimate of drug-likeness (QED) is 0.591. The molecule has 2 N–H and O–H groups in total. The monoisotopic (exact) mass is 460 g/mol. The first-order valence-electron chi connectivity index (χ1n) is 10.5. The summed E-state index contributed by atoms with van der Waals surface area (Å²) in [4.78, 5) is 17.0. The lowest BCUT2D eigenvalue weighted by atomic mass is 9.96. The molecule has 0 saturated carbocycles. The molecule has 0 saturated heterocycles. The summed E-state index contributed by atoms with van der Waals surface area (Å²) < 4.78 is 41.1. The SMILES string of the molecule is CC(C)(O)CCn1nc(NC(=O)C(C)(C)C)c2cc(-c3cc(F)c4c(c3F)OCO4)cnc21. The fourth-order valence-corrected chi connectivity index (χ4v) is 3.34. The molecule has 1 aromatic carbocycles. The van der Waals surface area contributed by atoms with Crippen LogP contribution in [0.2, 0.25) is 0 Å². The van der Waals surface area contributed by atoms with Crippen LogP contribution in [0.4, 0.5) is 14.6 Å². The molecule has 3 heterocycles. The van der Waals surface area contributed by atoms with E-state index >= 15 is 4.39 Å². The number of nitrogens with zero attached hydrogens (tertiary/aromatic N) is 3. The minimum Gasteiger partial charge on any atom is -0.450 e. The molecule has 1 aliphatic rings. The van der Waals surface area contributed by atoms with Crippen molar-refractivity contribution in [3.63, 3.8) is 0 Å². The van der Waals surface area contributed by atoms with Gasteiger partial charge in [0, 0.05) is 29.3 Å². The number of carbonyl (C=O) groups is 1. The molecule has 33 heavy (non-hydrogen) atoms. The summed E-state index contributed by atoms with van der Waals surface area (Å²) in [6.45, 7) is 8.75. The van der Waals surface area contributed by atoms with Crippen molar-refractivity contribution in [2.24, 2.45) is 5.41 Å². The Hall–Kier alpha value is -3.27. The van der Waals surface area contributed by atoms with Crippen molar-refractivity contribution in [2.45, 2.75) is 53.2 Å². The Morgan fingerprint density at radius 3 is 2.55 bits per heavy atom. The van der Waals surface area contributed by atoms with Crippen LogP contribution in [0.3, 0.4) is 0 Å². The number of carbonyl (C=O) groups excluding carboxylic acids is 1. The normalized spacial score (nSPS) is 13.6. The second-order valence-corrected chi connectivity index (χ2v) is 9.72. The van der Waals surface area contributed by atoms with Crippen LogP contribution in [-0.4, -0.2) is 38.2 Å². The molecule has 0 fully saturated rings. The number of hydrogen-bond acceptors (Lipinski definition) is 6. The number of rotatable bonds is 5. The molecular weight excluding hydrogens is 434 g/mol. The second-order valence-electron chi connectivity index (χ2n) is 9.72. The van der Waals surface area contributed by atoms with Crippen LogP contribution in [0.15, 0.2) is 18.3 Å². The van der Waals surface area contributed by atoms with Crippen LogP contribution in [-0.2, 0) is 11.3 Å². The van der Waals surface area contributed by atoms with Gasteiger partial charge in [0.05, 0.1) is 11.0 Å². The van der Waals surface area contributed by atoms with Crippen molar-refractivity contribution < 1.29 is 28.2 Å². The van der Waals surface area contributed by atoms with E-state index < -0.39 is 22.7 Å². The minimum absolute atomic E-state index is 0.0523. The molecule has 0 unspecified atom stereocenters. The van der Waals surface area contributed by atoms with Gasteiger partial charge in [-0.2, -0.15) is 5.10 Å². The van der Waals surface area contributed by atoms with E-state index in [-0.39, 0.29) is 41.1 Å².